The van der Waals surface area contributed by atoms with Crippen LogP contribution in [0.4, 0.5) is 0 Å². The summed E-state index contributed by atoms with van der Waals surface area (Å²) in [5.41, 5.74) is 7.09. The van der Waals surface area contributed by atoms with E-state index in [1.54, 1.807) is 26.3 Å². The first-order valence-electron chi connectivity index (χ1n) is 9.41. The molecule has 146 valence electrons. The van der Waals surface area contributed by atoms with Gasteiger partial charge in [0.2, 0.25) is 5.91 Å². The minimum absolute atomic E-state index is 0.106. The number of nitrogens with two attached hydrogens (primary N) is 1. The summed E-state index contributed by atoms with van der Waals surface area (Å²) in [6, 6.07) is 3.89. The Morgan fingerprint density at radius 3 is 2.81 bits per heavy atom. The van der Waals surface area contributed by atoms with Gasteiger partial charge in [-0.05, 0) is 54.6 Å². The zero-order valence-corrected chi connectivity index (χ0v) is 16.2. The molecule has 7 heteroatoms. The lowest BCUT2D eigenvalue weighted by Crippen LogP contribution is -2.58. The fraction of sp³-hybridized carbons (Fsp3) is 0.550. The Hall–Kier alpha value is -2.41. The minimum Gasteiger partial charge on any atom is -0.385 e. The van der Waals surface area contributed by atoms with Crippen LogP contribution in [0.3, 0.4) is 0 Å². The molecule has 2 unspecified atom stereocenters. The monoisotopic (exact) mass is 372 g/mol. The van der Waals surface area contributed by atoms with Crippen molar-refractivity contribution in [2.75, 3.05) is 20.2 Å². The van der Waals surface area contributed by atoms with Gasteiger partial charge in [0.05, 0.1) is 6.04 Å². The number of carbonyl (C=O) groups excluding carboxylic acids is 2. The number of hydrogen-bond donors (Lipinski definition) is 2. The van der Waals surface area contributed by atoms with Crippen molar-refractivity contribution in [2.45, 2.75) is 44.8 Å². The SMILES string of the molecule is COC1(c2ccnc(C(N)=O)c2)/C(=C\NC2CN(C(C)=O)C2)CCCC1C. The van der Waals surface area contributed by atoms with Crippen molar-refractivity contribution in [3.63, 3.8) is 0 Å². The molecular weight excluding hydrogens is 344 g/mol. The molecule has 27 heavy (non-hydrogen) atoms. The second-order valence-electron chi connectivity index (χ2n) is 7.48. The molecule has 1 aliphatic heterocycles. The summed E-state index contributed by atoms with van der Waals surface area (Å²) in [7, 11) is 1.71. The highest BCUT2D eigenvalue weighted by molar-refractivity contribution is 5.90. The van der Waals surface area contributed by atoms with Gasteiger partial charge in [-0.15, -0.1) is 0 Å². The second kappa shape index (κ2) is 7.68. The maximum absolute atomic E-state index is 11.6. The molecule has 1 aromatic rings. The average molecular weight is 372 g/mol. The van der Waals surface area contributed by atoms with Crippen molar-refractivity contribution in [3.05, 3.63) is 41.4 Å². The van der Waals surface area contributed by atoms with Gasteiger partial charge in [0.1, 0.15) is 11.3 Å². The van der Waals surface area contributed by atoms with Crippen LogP contribution in [0.2, 0.25) is 0 Å². The van der Waals surface area contributed by atoms with Gasteiger partial charge < -0.3 is 20.7 Å². The summed E-state index contributed by atoms with van der Waals surface area (Å²) < 4.78 is 6.12. The molecule has 2 atom stereocenters. The Bertz CT molecular complexity index is 757. The third-order valence-electron chi connectivity index (χ3n) is 5.84. The topological polar surface area (TPSA) is 97.6 Å². The van der Waals surface area contributed by atoms with Crippen LogP contribution in [-0.2, 0) is 15.1 Å². The summed E-state index contributed by atoms with van der Waals surface area (Å²) >= 11 is 0. The lowest BCUT2D eigenvalue weighted by atomic mass is 9.69. The number of aromatic nitrogens is 1. The van der Waals surface area contributed by atoms with Crippen molar-refractivity contribution < 1.29 is 14.3 Å². The van der Waals surface area contributed by atoms with Crippen LogP contribution in [0.1, 0.15) is 49.2 Å². The number of likely N-dealkylation sites (tertiary alicyclic amines) is 1. The first-order chi connectivity index (χ1) is 12.9. The predicted molar refractivity (Wildman–Crippen MR) is 102 cm³/mol. The van der Waals surface area contributed by atoms with Crippen LogP contribution in [0.25, 0.3) is 0 Å². The number of amides is 2. The molecule has 2 amide bonds. The molecule has 1 saturated carbocycles. The standard InChI is InChI=1S/C20H28N4O3/c1-13-5-4-6-16(10-23-17-11-24(12-17)14(2)25)20(13,27-3)15-7-8-22-18(9-15)19(21)26/h7-10,13,17,23H,4-6,11-12H2,1-3H3,(H2,21,26)/b16-10-. The van der Waals surface area contributed by atoms with Gasteiger partial charge in [-0.2, -0.15) is 0 Å². The van der Waals surface area contributed by atoms with Gasteiger partial charge >= 0.3 is 0 Å². The Balaban J connectivity index is 1.89. The van der Waals surface area contributed by atoms with Crippen molar-refractivity contribution >= 4 is 11.8 Å². The van der Waals surface area contributed by atoms with Gasteiger partial charge in [-0.3, -0.25) is 14.6 Å². The van der Waals surface area contributed by atoms with E-state index in [0.717, 1.165) is 43.5 Å². The predicted octanol–water partition coefficient (Wildman–Crippen LogP) is 1.55. The normalized spacial score (nSPS) is 27.3. The quantitative estimate of drug-likeness (QED) is 0.817. The van der Waals surface area contributed by atoms with E-state index in [1.807, 2.05) is 17.2 Å². The molecule has 0 spiro atoms. The largest absolute Gasteiger partial charge is 0.385 e. The highest BCUT2D eigenvalue weighted by Crippen LogP contribution is 2.47. The van der Waals surface area contributed by atoms with E-state index in [0.29, 0.717) is 0 Å². The molecule has 0 bridgehead atoms. The minimum atomic E-state index is -0.623. The molecule has 7 nitrogen and oxygen atoms in total. The number of carbonyl (C=O) groups is 2. The molecule has 0 aromatic carbocycles. The lowest BCUT2D eigenvalue weighted by molar-refractivity contribution is -0.133. The van der Waals surface area contributed by atoms with E-state index in [4.69, 9.17) is 10.5 Å². The highest BCUT2D eigenvalue weighted by Gasteiger charge is 2.44. The number of nitrogens with zero attached hydrogens (tertiary/aromatic N) is 2. The van der Waals surface area contributed by atoms with E-state index >= 15 is 0 Å². The van der Waals surface area contributed by atoms with Crippen molar-refractivity contribution in [2.24, 2.45) is 11.7 Å². The second-order valence-corrected chi connectivity index (χ2v) is 7.48. The van der Waals surface area contributed by atoms with Crippen LogP contribution in [0.5, 0.6) is 0 Å². The van der Waals surface area contributed by atoms with E-state index < -0.39 is 11.5 Å². The van der Waals surface area contributed by atoms with E-state index in [1.165, 1.54) is 0 Å². The molecule has 2 fully saturated rings. The fourth-order valence-electron chi connectivity index (χ4n) is 4.26. The van der Waals surface area contributed by atoms with Crippen LogP contribution >= 0.6 is 0 Å². The van der Waals surface area contributed by atoms with Gasteiger partial charge in [-0.25, -0.2) is 0 Å². The van der Waals surface area contributed by atoms with Crippen molar-refractivity contribution in [3.8, 4) is 0 Å². The van der Waals surface area contributed by atoms with Crippen molar-refractivity contribution in [1.82, 2.24) is 15.2 Å². The molecule has 1 aromatic heterocycles. The van der Waals surface area contributed by atoms with Gasteiger partial charge in [0, 0.05) is 33.3 Å². The van der Waals surface area contributed by atoms with E-state index in [-0.39, 0.29) is 23.6 Å². The summed E-state index contributed by atoms with van der Waals surface area (Å²) in [4.78, 5) is 28.8. The Kier molecular flexibility index (Phi) is 5.51. The zero-order valence-electron chi connectivity index (χ0n) is 16.2. The molecule has 0 radical (unpaired) electrons. The van der Waals surface area contributed by atoms with Crippen LogP contribution in [0, 0.1) is 5.92 Å². The molecular formula is C20H28N4O3. The number of primary amides is 1. The Labute approximate surface area is 160 Å². The summed E-state index contributed by atoms with van der Waals surface area (Å²) in [5, 5.41) is 3.45. The highest BCUT2D eigenvalue weighted by atomic mass is 16.5. The summed E-state index contributed by atoms with van der Waals surface area (Å²) in [5.74, 6) is -0.203. The number of ether oxygens (including phenoxy) is 1. The zero-order chi connectivity index (χ0) is 19.6. The van der Waals surface area contributed by atoms with Gasteiger partial charge in [0.15, 0.2) is 0 Å². The maximum atomic E-state index is 11.6. The molecule has 3 N–H and O–H groups in total. The van der Waals surface area contributed by atoms with Crippen molar-refractivity contribution in [1.29, 1.82) is 0 Å². The molecule has 1 saturated heterocycles. The Morgan fingerprint density at radius 1 is 1.44 bits per heavy atom. The average Bonchev–Trinajstić information content (AvgIpc) is 2.60. The first-order valence-corrected chi connectivity index (χ1v) is 9.41. The number of methoxy groups -OCH3 is 1. The molecule has 1 aliphatic carbocycles. The fourth-order valence-corrected chi connectivity index (χ4v) is 4.26. The third-order valence-corrected chi connectivity index (χ3v) is 5.84. The van der Waals surface area contributed by atoms with E-state index in [9.17, 15) is 9.59 Å². The van der Waals surface area contributed by atoms with E-state index in [2.05, 4.69) is 17.2 Å². The van der Waals surface area contributed by atoms with Crippen LogP contribution < -0.4 is 11.1 Å². The number of rotatable bonds is 5. The molecule has 2 heterocycles. The first kappa shape index (κ1) is 19.4. The van der Waals surface area contributed by atoms with Gasteiger partial charge in [0.25, 0.3) is 5.91 Å². The lowest BCUT2D eigenvalue weighted by Gasteiger charge is -2.45. The number of hydrogen-bond acceptors (Lipinski definition) is 5. The van der Waals surface area contributed by atoms with Gasteiger partial charge in [-0.1, -0.05) is 6.92 Å². The smallest absolute Gasteiger partial charge is 0.267 e. The number of nitrogens with one attached hydrogen (secondary N) is 1. The summed E-state index contributed by atoms with van der Waals surface area (Å²) in [6.07, 6.45) is 6.67. The maximum Gasteiger partial charge on any atom is 0.267 e. The summed E-state index contributed by atoms with van der Waals surface area (Å²) in [6.45, 7) is 5.19. The van der Waals surface area contributed by atoms with Crippen LogP contribution in [-0.4, -0.2) is 47.9 Å². The molecule has 3 rings (SSSR count). The Morgan fingerprint density at radius 2 is 2.19 bits per heavy atom. The van der Waals surface area contributed by atoms with Crippen LogP contribution in [0.15, 0.2) is 30.1 Å². The third kappa shape index (κ3) is 3.56. The molecule has 2 aliphatic rings. The number of pyridine rings is 1.